The summed E-state index contributed by atoms with van der Waals surface area (Å²) in [6.45, 7) is 2.74. The van der Waals surface area contributed by atoms with Crippen LogP contribution in [0.5, 0.6) is 5.75 Å². The molecule has 3 N–H and O–H groups in total. The lowest BCUT2D eigenvalue weighted by Gasteiger charge is -2.29. The molecule has 2 unspecified atom stereocenters. The van der Waals surface area contributed by atoms with Crippen LogP contribution in [0.3, 0.4) is 0 Å². The number of hydrogen-bond donors (Lipinski definition) is 2. The first-order chi connectivity index (χ1) is 10.2. The highest BCUT2D eigenvalue weighted by molar-refractivity contribution is 5.84. The Labute approximate surface area is 124 Å². The van der Waals surface area contributed by atoms with Crippen molar-refractivity contribution in [3.63, 3.8) is 0 Å². The van der Waals surface area contributed by atoms with Gasteiger partial charge in [-0.3, -0.25) is 0 Å². The van der Waals surface area contributed by atoms with Gasteiger partial charge in [-0.2, -0.15) is 0 Å². The Morgan fingerprint density at radius 2 is 2.19 bits per heavy atom. The van der Waals surface area contributed by atoms with Crippen LogP contribution in [0.2, 0.25) is 0 Å². The summed E-state index contributed by atoms with van der Waals surface area (Å²) < 4.78 is 7.74. The summed E-state index contributed by atoms with van der Waals surface area (Å²) in [7, 11) is 0. The molecule has 1 aromatic heterocycles. The summed E-state index contributed by atoms with van der Waals surface area (Å²) in [5.74, 6) is 1.23. The van der Waals surface area contributed by atoms with Crippen molar-refractivity contribution in [2.75, 3.05) is 12.3 Å². The Bertz CT molecular complexity index is 623. The fourth-order valence-corrected chi connectivity index (χ4v) is 3.18. The molecule has 5 nitrogen and oxygen atoms in total. The Kier molecular flexibility index (Phi) is 4.01. The molecule has 1 aliphatic rings. The molecular formula is C16H23N3O2. The number of fused-ring (bicyclic) bond motifs is 1. The number of para-hydroxylation sites is 1. The van der Waals surface area contributed by atoms with Crippen LogP contribution in [-0.2, 0) is 0 Å². The first-order valence-corrected chi connectivity index (χ1v) is 7.79. The summed E-state index contributed by atoms with van der Waals surface area (Å²) in [5.41, 5.74) is 7.87. The van der Waals surface area contributed by atoms with E-state index < -0.39 is 0 Å². The van der Waals surface area contributed by atoms with E-state index in [1.165, 1.54) is 0 Å². The third-order valence-corrected chi connectivity index (χ3v) is 4.20. The summed E-state index contributed by atoms with van der Waals surface area (Å²) in [4.78, 5) is 4.48. The maximum absolute atomic E-state index is 10.3. The summed E-state index contributed by atoms with van der Waals surface area (Å²) in [6, 6.07) is 5.90. The lowest BCUT2D eigenvalue weighted by molar-refractivity contribution is 0.0783. The number of hydrogen-bond acceptors (Lipinski definition) is 4. The fourth-order valence-electron chi connectivity index (χ4n) is 3.18. The number of ether oxygens (including phenoxy) is 1. The van der Waals surface area contributed by atoms with E-state index in [9.17, 15) is 5.11 Å². The normalized spacial score (nSPS) is 22.6. The molecule has 1 fully saturated rings. The second kappa shape index (κ2) is 5.93. The second-order valence-electron chi connectivity index (χ2n) is 5.73. The molecule has 1 aliphatic carbocycles. The molecule has 114 valence electrons. The van der Waals surface area contributed by atoms with E-state index in [1.54, 1.807) is 0 Å². The Morgan fingerprint density at radius 3 is 2.95 bits per heavy atom. The van der Waals surface area contributed by atoms with Gasteiger partial charge in [0.25, 0.3) is 0 Å². The fraction of sp³-hybridized carbons (Fsp3) is 0.562. The molecule has 1 saturated carbocycles. The van der Waals surface area contributed by atoms with Gasteiger partial charge >= 0.3 is 0 Å². The largest absolute Gasteiger partial charge is 0.491 e. The zero-order valence-electron chi connectivity index (χ0n) is 12.5. The standard InChI is InChI=1S/C16H23N3O2/c1-2-10-21-14-9-5-7-12-15(14)18-16(17)19(12)11-6-3-4-8-13(11)20/h5,7,9,11,13,20H,2-4,6,8,10H2,1H3,(H2,17,18). The van der Waals surface area contributed by atoms with Crippen LogP contribution in [0.15, 0.2) is 18.2 Å². The van der Waals surface area contributed by atoms with Crippen molar-refractivity contribution in [3.05, 3.63) is 18.2 Å². The maximum atomic E-state index is 10.3. The molecule has 0 aliphatic heterocycles. The van der Waals surface area contributed by atoms with Gasteiger partial charge in [-0.25, -0.2) is 4.98 Å². The van der Waals surface area contributed by atoms with E-state index in [2.05, 4.69) is 11.9 Å². The third kappa shape index (κ3) is 2.58. The number of rotatable bonds is 4. The zero-order valence-corrected chi connectivity index (χ0v) is 12.5. The van der Waals surface area contributed by atoms with Crippen LogP contribution in [0, 0.1) is 0 Å². The average Bonchev–Trinajstić information content (AvgIpc) is 2.82. The third-order valence-electron chi connectivity index (χ3n) is 4.20. The number of nitrogens with zero attached hydrogens (tertiary/aromatic N) is 2. The van der Waals surface area contributed by atoms with Crippen molar-refractivity contribution in [2.45, 2.75) is 51.2 Å². The maximum Gasteiger partial charge on any atom is 0.201 e. The highest BCUT2D eigenvalue weighted by Crippen LogP contribution is 2.36. The van der Waals surface area contributed by atoms with Crippen molar-refractivity contribution >= 4 is 17.0 Å². The molecule has 5 heteroatoms. The number of aliphatic hydroxyl groups excluding tert-OH is 1. The molecule has 0 spiro atoms. The number of nitrogen functional groups attached to an aromatic ring is 1. The molecule has 0 bridgehead atoms. The van der Waals surface area contributed by atoms with Crippen molar-refractivity contribution in [2.24, 2.45) is 0 Å². The van der Waals surface area contributed by atoms with E-state index in [4.69, 9.17) is 10.5 Å². The molecule has 2 aromatic rings. The van der Waals surface area contributed by atoms with Crippen LogP contribution in [0.25, 0.3) is 11.0 Å². The molecule has 21 heavy (non-hydrogen) atoms. The van der Waals surface area contributed by atoms with Gasteiger partial charge in [0.2, 0.25) is 5.95 Å². The van der Waals surface area contributed by atoms with Gasteiger partial charge in [0.05, 0.1) is 24.3 Å². The number of aliphatic hydroxyl groups is 1. The van der Waals surface area contributed by atoms with Gasteiger partial charge in [0, 0.05) is 0 Å². The molecule has 0 radical (unpaired) electrons. The molecule has 1 aromatic carbocycles. The van der Waals surface area contributed by atoms with E-state index in [0.717, 1.165) is 48.9 Å². The highest BCUT2D eigenvalue weighted by atomic mass is 16.5. The van der Waals surface area contributed by atoms with Gasteiger partial charge in [0.15, 0.2) is 0 Å². The first kappa shape index (κ1) is 14.2. The predicted octanol–water partition coefficient (Wildman–Crippen LogP) is 2.88. The van der Waals surface area contributed by atoms with Crippen LogP contribution < -0.4 is 10.5 Å². The average molecular weight is 289 g/mol. The minimum absolute atomic E-state index is 0.0187. The SMILES string of the molecule is CCCOc1cccc2c1nc(N)n2C1CCCCC1O. The summed E-state index contributed by atoms with van der Waals surface area (Å²) in [6.07, 6.45) is 4.57. The minimum Gasteiger partial charge on any atom is -0.491 e. The highest BCUT2D eigenvalue weighted by Gasteiger charge is 2.28. The van der Waals surface area contributed by atoms with E-state index in [1.807, 2.05) is 22.8 Å². The van der Waals surface area contributed by atoms with Crippen molar-refractivity contribution in [3.8, 4) is 5.75 Å². The zero-order chi connectivity index (χ0) is 14.8. The molecule has 0 saturated heterocycles. The van der Waals surface area contributed by atoms with Crippen molar-refractivity contribution in [1.82, 2.24) is 9.55 Å². The number of anilines is 1. The number of benzene rings is 1. The van der Waals surface area contributed by atoms with Gasteiger partial charge in [-0.05, 0) is 31.4 Å². The molecule has 2 atom stereocenters. The van der Waals surface area contributed by atoms with Crippen molar-refractivity contribution < 1.29 is 9.84 Å². The Balaban J connectivity index is 2.04. The van der Waals surface area contributed by atoms with Crippen LogP contribution >= 0.6 is 0 Å². The van der Waals surface area contributed by atoms with Gasteiger partial charge in [0.1, 0.15) is 11.3 Å². The summed E-state index contributed by atoms with van der Waals surface area (Å²) >= 11 is 0. The number of aromatic nitrogens is 2. The van der Waals surface area contributed by atoms with E-state index >= 15 is 0 Å². The van der Waals surface area contributed by atoms with E-state index in [-0.39, 0.29) is 12.1 Å². The molecule has 3 rings (SSSR count). The number of imidazole rings is 1. The van der Waals surface area contributed by atoms with Crippen LogP contribution in [0.4, 0.5) is 5.95 Å². The minimum atomic E-state index is -0.348. The smallest absolute Gasteiger partial charge is 0.201 e. The van der Waals surface area contributed by atoms with Crippen molar-refractivity contribution in [1.29, 1.82) is 0 Å². The lowest BCUT2D eigenvalue weighted by atomic mass is 9.92. The lowest BCUT2D eigenvalue weighted by Crippen LogP contribution is -2.28. The van der Waals surface area contributed by atoms with Gasteiger partial charge in [-0.1, -0.05) is 25.8 Å². The van der Waals surface area contributed by atoms with Crippen LogP contribution in [0.1, 0.15) is 45.1 Å². The molecular weight excluding hydrogens is 266 g/mol. The topological polar surface area (TPSA) is 73.3 Å². The van der Waals surface area contributed by atoms with Gasteiger partial charge < -0.3 is 20.1 Å². The molecule has 1 heterocycles. The Morgan fingerprint density at radius 1 is 1.38 bits per heavy atom. The monoisotopic (exact) mass is 289 g/mol. The molecule has 0 amide bonds. The van der Waals surface area contributed by atoms with Gasteiger partial charge in [-0.15, -0.1) is 0 Å². The quantitative estimate of drug-likeness (QED) is 0.907. The Hall–Kier alpha value is -1.75. The first-order valence-electron chi connectivity index (χ1n) is 7.79. The number of nitrogens with two attached hydrogens (primary N) is 1. The predicted molar refractivity (Wildman–Crippen MR) is 83.4 cm³/mol. The van der Waals surface area contributed by atoms with Crippen LogP contribution in [-0.4, -0.2) is 27.4 Å². The summed E-state index contributed by atoms with van der Waals surface area (Å²) in [5, 5.41) is 10.3. The van der Waals surface area contributed by atoms with E-state index in [0.29, 0.717) is 12.6 Å². The second-order valence-corrected chi connectivity index (χ2v) is 5.73.